The second kappa shape index (κ2) is 5.03. The van der Waals surface area contributed by atoms with Crippen LogP contribution in [0.1, 0.15) is 27.0 Å². The average Bonchev–Trinajstić information content (AvgIpc) is 2.73. The van der Waals surface area contributed by atoms with Gasteiger partial charge in [0.2, 0.25) is 0 Å². The molecule has 3 nitrogen and oxygen atoms in total. The summed E-state index contributed by atoms with van der Waals surface area (Å²) in [6, 6.07) is 7.30. The van der Waals surface area contributed by atoms with E-state index in [4.69, 9.17) is 5.11 Å². The molecule has 1 heterocycles. The smallest absolute Gasteiger partial charge is 0.418 e. The summed E-state index contributed by atoms with van der Waals surface area (Å²) in [4.78, 5) is 10.9. The molecule has 0 saturated heterocycles. The van der Waals surface area contributed by atoms with Crippen molar-refractivity contribution < 1.29 is 23.1 Å². The Balaban J connectivity index is 2.37. The summed E-state index contributed by atoms with van der Waals surface area (Å²) in [5, 5.41) is 8.84. The number of rotatable bonds is 3. The molecule has 1 aromatic carbocycles. The number of aromatic carboxylic acids is 1. The lowest BCUT2D eigenvalue weighted by Gasteiger charge is -2.05. The van der Waals surface area contributed by atoms with Crippen molar-refractivity contribution in [2.24, 2.45) is 0 Å². The number of halogens is 3. The summed E-state index contributed by atoms with van der Waals surface area (Å²) in [5.74, 6) is -1.58. The van der Waals surface area contributed by atoms with Gasteiger partial charge in [-0.1, -0.05) is 29.8 Å². The maximum atomic E-state index is 12.7. The van der Waals surface area contributed by atoms with Crippen LogP contribution >= 0.6 is 0 Å². The molecule has 0 fully saturated rings. The van der Waals surface area contributed by atoms with Gasteiger partial charge in [0.25, 0.3) is 0 Å². The monoisotopic (exact) mass is 283 g/mol. The summed E-state index contributed by atoms with van der Waals surface area (Å²) < 4.78 is 39.5. The minimum Gasteiger partial charge on any atom is -0.478 e. The highest BCUT2D eigenvalue weighted by Gasteiger charge is 2.36. The van der Waals surface area contributed by atoms with Gasteiger partial charge in [-0.3, -0.25) is 0 Å². The lowest BCUT2D eigenvalue weighted by molar-refractivity contribution is -0.138. The van der Waals surface area contributed by atoms with E-state index < -0.39 is 23.3 Å². The van der Waals surface area contributed by atoms with Gasteiger partial charge in [-0.15, -0.1) is 0 Å². The van der Waals surface area contributed by atoms with E-state index in [-0.39, 0.29) is 6.54 Å². The number of aromatic nitrogens is 1. The van der Waals surface area contributed by atoms with E-state index in [0.29, 0.717) is 0 Å². The Labute approximate surface area is 113 Å². The molecule has 1 N–H and O–H groups in total. The van der Waals surface area contributed by atoms with E-state index in [0.717, 1.165) is 23.5 Å². The molecule has 0 bridgehead atoms. The molecule has 0 aliphatic carbocycles. The predicted molar refractivity (Wildman–Crippen MR) is 66.7 cm³/mol. The summed E-state index contributed by atoms with van der Waals surface area (Å²) >= 11 is 0. The van der Waals surface area contributed by atoms with Gasteiger partial charge in [0.15, 0.2) is 0 Å². The van der Waals surface area contributed by atoms with Gasteiger partial charge < -0.3 is 9.67 Å². The van der Waals surface area contributed by atoms with Gasteiger partial charge >= 0.3 is 12.1 Å². The number of carboxylic acids is 1. The van der Waals surface area contributed by atoms with Crippen molar-refractivity contribution in [3.8, 4) is 0 Å². The van der Waals surface area contributed by atoms with Gasteiger partial charge in [-0.2, -0.15) is 13.2 Å². The van der Waals surface area contributed by atoms with Crippen LogP contribution in [0.2, 0.25) is 0 Å². The van der Waals surface area contributed by atoms with Crippen molar-refractivity contribution in [3.05, 3.63) is 58.9 Å². The first-order chi connectivity index (χ1) is 9.27. The summed E-state index contributed by atoms with van der Waals surface area (Å²) in [5.41, 5.74) is -0.0578. The number of nitrogens with zero attached hydrogens (tertiary/aromatic N) is 1. The van der Waals surface area contributed by atoms with E-state index >= 15 is 0 Å². The molecule has 1 aromatic heterocycles. The number of hydrogen-bond acceptors (Lipinski definition) is 1. The highest BCUT2D eigenvalue weighted by atomic mass is 19.4. The van der Waals surface area contributed by atoms with Crippen LogP contribution < -0.4 is 0 Å². The maximum absolute atomic E-state index is 12.7. The molecule has 106 valence electrons. The van der Waals surface area contributed by atoms with E-state index in [2.05, 4.69) is 0 Å². The van der Waals surface area contributed by atoms with Crippen LogP contribution in [0.15, 0.2) is 36.7 Å². The highest BCUT2D eigenvalue weighted by Crippen LogP contribution is 2.32. The minimum absolute atomic E-state index is 0.192. The van der Waals surface area contributed by atoms with Crippen LogP contribution in [0.25, 0.3) is 0 Å². The predicted octanol–water partition coefficient (Wildman–Crippen LogP) is 3.56. The van der Waals surface area contributed by atoms with Crippen LogP contribution in [0.3, 0.4) is 0 Å². The van der Waals surface area contributed by atoms with E-state index in [9.17, 15) is 18.0 Å². The van der Waals surface area contributed by atoms with Crippen molar-refractivity contribution in [3.63, 3.8) is 0 Å². The molecule has 0 atom stereocenters. The van der Waals surface area contributed by atoms with Gasteiger partial charge in [0, 0.05) is 18.9 Å². The van der Waals surface area contributed by atoms with Gasteiger partial charge in [0.1, 0.15) is 0 Å². The number of aryl methyl sites for hydroxylation is 1. The maximum Gasteiger partial charge on any atom is 0.418 e. The zero-order valence-electron chi connectivity index (χ0n) is 10.6. The number of carboxylic acid groups (broad SMARTS) is 1. The molecule has 20 heavy (non-hydrogen) atoms. The number of carbonyl (C=O) groups is 1. The SMILES string of the molecule is Cc1cccc(Cn2cc(C(=O)O)c(C(F)(F)F)c2)c1. The molecular formula is C14H12F3NO2. The first kappa shape index (κ1) is 14.2. The normalized spacial score (nSPS) is 11.6. The van der Waals surface area contributed by atoms with E-state index in [1.807, 2.05) is 19.1 Å². The molecule has 0 saturated carbocycles. The first-order valence-corrected chi connectivity index (χ1v) is 5.83. The van der Waals surface area contributed by atoms with Crippen LogP contribution in [0.5, 0.6) is 0 Å². The molecule has 0 amide bonds. The zero-order valence-corrected chi connectivity index (χ0v) is 10.6. The fourth-order valence-electron chi connectivity index (χ4n) is 2.02. The minimum atomic E-state index is -4.68. The Morgan fingerprint density at radius 2 is 2.00 bits per heavy atom. The van der Waals surface area contributed by atoms with Gasteiger partial charge in [-0.25, -0.2) is 4.79 Å². The Kier molecular flexibility index (Phi) is 3.57. The Morgan fingerprint density at radius 3 is 2.50 bits per heavy atom. The summed E-state index contributed by atoms with van der Waals surface area (Å²) in [7, 11) is 0. The largest absolute Gasteiger partial charge is 0.478 e. The quantitative estimate of drug-likeness (QED) is 0.935. The highest BCUT2D eigenvalue weighted by molar-refractivity contribution is 5.89. The standard InChI is InChI=1S/C14H12F3NO2/c1-9-3-2-4-10(5-9)6-18-7-11(13(19)20)12(8-18)14(15,16)17/h2-5,7-8H,6H2,1H3,(H,19,20). The van der Waals surface area contributed by atoms with Crippen LogP contribution in [0.4, 0.5) is 13.2 Å². The van der Waals surface area contributed by atoms with Crippen LogP contribution in [-0.4, -0.2) is 15.6 Å². The Hall–Kier alpha value is -2.24. The fourth-order valence-corrected chi connectivity index (χ4v) is 2.02. The average molecular weight is 283 g/mol. The molecule has 2 aromatic rings. The summed E-state index contributed by atoms with van der Waals surface area (Å²) in [6.07, 6.45) is -2.84. The number of benzene rings is 1. The zero-order chi connectivity index (χ0) is 14.9. The molecule has 0 aliphatic rings. The van der Waals surface area contributed by atoms with Crippen molar-refractivity contribution >= 4 is 5.97 Å². The van der Waals surface area contributed by atoms with Gasteiger partial charge in [0.05, 0.1) is 11.1 Å². The van der Waals surface area contributed by atoms with E-state index in [1.165, 1.54) is 4.57 Å². The Bertz CT molecular complexity index is 644. The molecule has 0 spiro atoms. The van der Waals surface area contributed by atoms with E-state index in [1.54, 1.807) is 12.1 Å². The Morgan fingerprint density at radius 1 is 1.30 bits per heavy atom. The molecule has 0 aliphatic heterocycles. The molecule has 6 heteroatoms. The third kappa shape index (κ3) is 3.01. The number of hydrogen-bond donors (Lipinski definition) is 1. The van der Waals surface area contributed by atoms with Crippen LogP contribution in [-0.2, 0) is 12.7 Å². The van der Waals surface area contributed by atoms with Gasteiger partial charge in [-0.05, 0) is 12.5 Å². The third-order valence-electron chi connectivity index (χ3n) is 2.86. The molecule has 0 radical (unpaired) electrons. The van der Waals surface area contributed by atoms with Crippen molar-refractivity contribution in [2.45, 2.75) is 19.6 Å². The summed E-state index contributed by atoms with van der Waals surface area (Å²) in [6.45, 7) is 2.07. The topological polar surface area (TPSA) is 42.2 Å². The lowest BCUT2D eigenvalue weighted by Crippen LogP contribution is -2.09. The van der Waals surface area contributed by atoms with Crippen molar-refractivity contribution in [2.75, 3.05) is 0 Å². The van der Waals surface area contributed by atoms with Crippen LogP contribution in [0, 0.1) is 6.92 Å². The fraction of sp³-hybridized carbons (Fsp3) is 0.214. The second-order valence-electron chi connectivity index (χ2n) is 4.55. The molecule has 2 rings (SSSR count). The molecule has 0 unspecified atom stereocenters. The molecular weight excluding hydrogens is 271 g/mol. The van der Waals surface area contributed by atoms with Crippen molar-refractivity contribution in [1.29, 1.82) is 0 Å². The third-order valence-corrected chi connectivity index (χ3v) is 2.86. The number of alkyl halides is 3. The van der Waals surface area contributed by atoms with Crippen molar-refractivity contribution in [1.82, 2.24) is 4.57 Å². The lowest BCUT2D eigenvalue weighted by atomic mass is 10.1. The second-order valence-corrected chi connectivity index (χ2v) is 4.55. The first-order valence-electron chi connectivity index (χ1n) is 5.83.